The molecule has 0 radical (unpaired) electrons. The highest BCUT2D eigenvalue weighted by Gasteiger charge is 2.28. The first kappa shape index (κ1) is 35.8. The molecule has 3 N–H and O–H groups in total. The monoisotopic (exact) mass is 741 g/mol. The number of carbonyl (C=O) groups excluding carboxylic acids is 1. The summed E-state index contributed by atoms with van der Waals surface area (Å²) in [7, 11) is 3.30. The molecule has 0 spiro atoms. The van der Waals surface area contributed by atoms with Crippen molar-refractivity contribution in [2.75, 3.05) is 33.9 Å². The van der Waals surface area contributed by atoms with Crippen LogP contribution in [0.1, 0.15) is 36.0 Å². The van der Waals surface area contributed by atoms with Crippen molar-refractivity contribution in [2.45, 2.75) is 44.9 Å². The van der Waals surface area contributed by atoms with Crippen molar-refractivity contribution in [3.05, 3.63) is 99.7 Å². The summed E-state index contributed by atoms with van der Waals surface area (Å²) in [4.78, 5) is 25.1. The van der Waals surface area contributed by atoms with Crippen molar-refractivity contribution in [3.63, 3.8) is 0 Å². The van der Waals surface area contributed by atoms with Gasteiger partial charge in [0.15, 0.2) is 0 Å². The van der Waals surface area contributed by atoms with E-state index in [-0.39, 0.29) is 17.9 Å². The maximum Gasteiger partial charge on any atom is 0.307 e. The molecule has 0 unspecified atom stereocenters. The zero-order valence-electron chi connectivity index (χ0n) is 29.1. The lowest BCUT2D eigenvalue weighted by atomic mass is 9.96. The van der Waals surface area contributed by atoms with E-state index in [0.29, 0.717) is 55.6 Å². The highest BCUT2D eigenvalue weighted by atomic mass is 35.5. The molecular weight excluding hydrogens is 701 g/mol. The van der Waals surface area contributed by atoms with Gasteiger partial charge in [-0.3, -0.25) is 19.2 Å². The second kappa shape index (κ2) is 15.6. The Hall–Kier alpha value is -4.61. The van der Waals surface area contributed by atoms with Crippen molar-refractivity contribution in [1.29, 1.82) is 0 Å². The lowest BCUT2D eigenvalue weighted by molar-refractivity contribution is -0.141. The third kappa shape index (κ3) is 7.47. The maximum atomic E-state index is 11.5. The number of rotatable bonds is 13. The van der Waals surface area contributed by atoms with Crippen LogP contribution in [0.3, 0.4) is 0 Å². The van der Waals surface area contributed by atoms with Crippen LogP contribution in [0.2, 0.25) is 10.0 Å². The van der Waals surface area contributed by atoms with Crippen LogP contribution >= 0.6 is 23.2 Å². The Morgan fingerprint density at radius 1 is 0.942 bits per heavy atom. The van der Waals surface area contributed by atoms with Gasteiger partial charge in [0.05, 0.1) is 43.4 Å². The second-order valence-electron chi connectivity index (χ2n) is 13.5. The number of ether oxygens (including phenoxy) is 2. The molecule has 0 bridgehead atoms. The van der Waals surface area contributed by atoms with Gasteiger partial charge >= 0.3 is 5.97 Å². The Morgan fingerprint density at radius 3 is 2.46 bits per heavy atom. The highest BCUT2D eigenvalue weighted by molar-refractivity contribution is 6.36. The van der Waals surface area contributed by atoms with Crippen LogP contribution in [-0.4, -0.2) is 71.6 Å². The third-order valence-electron chi connectivity index (χ3n) is 10.2. The van der Waals surface area contributed by atoms with Gasteiger partial charge in [-0.2, -0.15) is 5.10 Å². The molecule has 1 aromatic heterocycles. The Bertz CT molecular complexity index is 2140. The number of benzene rings is 4. The van der Waals surface area contributed by atoms with Crippen molar-refractivity contribution >= 4 is 46.0 Å². The molecule has 2 aliphatic rings. The predicted molar refractivity (Wildman–Crippen MR) is 203 cm³/mol. The first-order chi connectivity index (χ1) is 25.2. The van der Waals surface area contributed by atoms with Crippen LogP contribution in [0.25, 0.3) is 33.2 Å². The molecule has 1 amide bonds. The largest absolute Gasteiger partial charge is 0.496 e. The van der Waals surface area contributed by atoms with E-state index in [1.165, 1.54) is 0 Å². The molecule has 270 valence electrons. The number of hydrogen-bond donors (Lipinski definition) is 3. The van der Waals surface area contributed by atoms with Crippen LogP contribution in [0.4, 0.5) is 0 Å². The fourth-order valence-corrected chi connectivity index (χ4v) is 7.93. The number of likely N-dealkylation sites (tertiary alicyclic amines) is 1. The number of carboxylic acid groups (broad SMARTS) is 1. The number of fused-ring (bicyclic) bond motifs is 1. The van der Waals surface area contributed by atoms with Gasteiger partial charge in [0, 0.05) is 71.3 Å². The predicted octanol–water partition coefficient (Wildman–Crippen LogP) is 7.02. The minimum atomic E-state index is -0.740. The van der Waals surface area contributed by atoms with Crippen molar-refractivity contribution in [3.8, 4) is 33.8 Å². The number of halogens is 2. The number of hydrogen-bond acceptors (Lipinski definition) is 7. The fraction of sp³-hybridized carbons (Fsp3) is 0.325. The number of aliphatic carboxylic acids is 1. The van der Waals surface area contributed by atoms with E-state index in [1.807, 2.05) is 71.5 Å². The second-order valence-corrected chi connectivity index (χ2v) is 14.3. The lowest BCUT2D eigenvalue weighted by Gasteiger charge is -2.18. The summed E-state index contributed by atoms with van der Waals surface area (Å²) in [5, 5.41) is 22.8. The SMILES string of the molecule is COc1cc(Cn2ncc3c(-c4cccc(-c5ccc(CN6CC[C@@H](C(=O)O)C6)c(OC)c5)c4Cl)cccc32)c(Cl)cc1CNC[C@@H]1CCC(=O)N1. The van der Waals surface area contributed by atoms with Crippen molar-refractivity contribution in [2.24, 2.45) is 5.92 Å². The molecule has 2 saturated heterocycles. The minimum absolute atomic E-state index is 0.100. The molecule has 52 heavy (non-hydrogen) atoms. The lowest BCUT2D eigenvalue weighted by Crippen LogP contribution is -2.35. The summed E-state index contributed by atoms with van der Waals surface area (Å²) in [6.07, 6.45) is 3.93. The van der Waals surface area contributed by atoms with Crippen LogP contribution in [-0.2, 0) is 29.2 Å². The van der Waals surface area contributed by atoms with Crippen LogP contribution in [0.15, 0.2) is 72.9 Å². The molecule has 7 rings (SSSR count). The third-order valence-corrected chi connectivity index (χ3v) is 10.9. The normalized spacial score (nSPS) is 17.5. The standard InChI is InChI=1S/C40H41Cl2N5O5/c1-51-36-16-24(9-10-25(36)21-46-14-13-26(22-46)40(49)50)30-5-3-7-32(39(30)42)31-6-4-8-35-33(31)20-44-47(35)23-28-17-37(52-2)27(15-34(28)41)18-43-19-29-11-12-38(48)45-29/h3-10,15-17,20,26,29,43H,11-14,18-19,21-23H2,1-2H3,(H,45,48)(H,49,50)/t26-,29+/m1/s1. The van der Waals surface area contributed by atoms with E-state index >= 15 is 0 Å². The molecule has 2 atom stereocenters. The Morgan fingerprint density at radius 2 is 1.71 bits per heavy atom. The van der Waals surface area contributed by atoms with Gasteiger partial charge < -0.3 is 25.2 Å². The molecule has 0 saturated carbocycles. The van der Waals surface area contributed by atoms with Gasteiger partial charge in [-0.1, -0.05) is 65.7 Å². The Labute approximate surface area is 312 Å². The van der Waals surface area contributed by atoms with E-state index in [2.05, 4.69) is 21.6 Å². The van der Waals surface area contributed by atoms with E-state index in [9.17, 15) is 14.7 Å². The van der Waals surface area contributed by atoms with Gasteiger partial charge in [-0.05, 0) is 60.3 Å². The smallest absolute Gasteiger partial charge is 0.307 e. The number of carbonyl (C=O) groups is 2. The van der Waals surface area contributed by atoms with Gasteiger partial charge in [0.25, 0.3) is 0 Å². The number of aromatic nitrogens is 2. The molecule has 5 aromatic rings. The van der Waals surface area contributed by atoms with Gasteiger partial charge in [-0.25, -0.2) is 0 Å². The van der Waals surface area contributed by atoms with E-state index in [1.54, 1.807) is 14.2 Å². The van der Waals surface area contributed by atoms with Crippen molar-refractivity contribution in [1.82, 2.24) is 25.3 Å². The van der Waals surface area contributed by atoms with Crippen molar-refractivity contribution < 1.29 is 24.2 Å². The summed E-state index contributed by atoms with van der Waals surface area (Å²) in [5.74, 6) is 0.499. The molecule has 2 aliphatic heterocycles. The van der Waals surface area contributed by atoms with E-state index in [0.717, 1.165) is 74.3 Å². The summed E-state index contributed by atoms with van der Waals surface area (Å²) in [6, 6.07) is 22.2. The highest BCUT2D eigenvalue weighted by Crippen LogP contribution is 2.41. The summed E-state index contributed by atoms with van der Waals surface area (Å²) in [5.41, 5.74) is 7.41. The maximum absolute atomic E-state index is 11.5. The van der Waals surface area contributed by atoms with Gasteiger partial charge in [-0.15, -0.1) is 0 Å². The molecular formula is C40H41Cl2N5O5. The summed E-state index contributed by atoms with van der Waals surface area (Å²) < 4.78 is 13.5. The number of carboxylic acids is 1. The topological polar surface area (TPSA) is 118 Å². The van der Waals surface area contributed by atoms with E-state index < -0.39 is 5.97 Å². The number of nitrogens with zero attached hydrogens (tertiary/aromatic N) is 3. The fourth-order valence-electron chi connectivity index (χ4n) is 7.35. The minimum Gasteiger partial charge on any atom is -0.496 e. The van der Waals surface area contributed by atoms with Gasteiger partial charge in [0.1, 0.15) is 11.5 Å². The molecule has 10 nitrogen and oxygen atoms in total. The first-order valence-corrected chi connectivity index (χ1v) is 18.2. The zero-order valence-corrected chi connectivity index (χ0v) is 30.6. The molecule has 0 aliphatic carbocycles. The summed E-state index contributed by atoms with van der Waals surface area (Å²) >= 11 is 14.0. The molecule has 2 fully saturated rings. The quantitative estimate of drug-likeness (QED) is 0.118. The number of methoxy groups -OCH3 is 2. The molecule has 3 heterocycles. The number of nitrogens with one attached hydrogen (secondary N) is 2. The Kier molecular flexibility index (Phi) is 10.7. The Balaban J connectivity index is 1.11. The van der Waals surface area contributed by atoms with Gasteiger partial charge in [0.2, 0.25) is 5.91 Å². The summed E-state index contributed by atoms with van der Waals surface area (Å²) in [6.45, 7) is 3.58. The molecule has 4 aromatic carbocycles. The number of amides is 1. The molecule has 12 heteroatoms. The van der Waals surface area contributed by atoms with E-state index in [4.69, 9.17) is 37.8 Å². The van der Waals surface area contributed by atoms with Crippen LogP contribution in [0.5, 0.6) is 11.5 Å². The average Bonchev–Trinajstić information content (AvgIpc) is 3.90. The zero-order chi connectivity index (χ0) is 36.4. The average molecular weight is 743 g/mol. The first-order valence-electron chi connectivity index (χ1n) is 17.4. The van der Waals surface area contributed by atoms with Crippen LogP contribution in [0, 0.1) is 5.92 Å². The van der Waals surface area contributed by atoms with Crippen LogP contribution < -0.4 is 20.1 Å².